The molecule has 166 valence electrons. The standard InChI is InChI=1S/C22H26ClN3O3S2/c1-4-25(5-2)13-14-26(20(27)15-31(28,29)17-9-7-6-8-10-17)22-24-21-16(3)18(23)11-12-19(21)30-22/h6-12H,4-5,13-15H2,1-3H3. The fourth-order valence-electron chi connectivity index (χ4n) is 3.26. The predicted octanol–water partition coefficient (Wildman–Crippen LogP) is 4.41. The minimum atomic E-state index is -3.76. The van der Waals surface area contributed by atoms with Gasteiger partial charge in [0.15, 0.2) is 15.0 Å². The first-order valence-corrected chi connectivity index (χ1v) is 13.0. The molecule has 0 atom stereocenters. The Labute approximate surface area is 192 Å². The van der Waals surface area contributed by atoms with Crippen molar-refractivity contribution in [2.24, 2.45) is 0 Å². The third kappa shape index (κ3) is 5.44. The third-order valence-electron chi connectivity index (χ3n) is 5.22. The molecule has 0 fully saturated rings. The van der Waals surface area contributed by atoms with E-state index >= 15 is 0 Å². The van der Waals surface area contributed by atoms with Crippen molar-refractivity contribution in [3.8, 4) is 0 Å². The lowest BCUT2D eigenvalue weighted by Crippen LogP contribution is -2.41. The minimum Gasteiger partial charge on any atom is -0.302 e. The van der Waals surface area contributed by atoms with Gasteiger partial charge in [-0.1, -0.05) is 55.0 Å². The molecule has 0 radical (unpaired) electrons. The van der Waals surface area contributed by atoms with Crippen molar-refractivity contribution in [3.05, 3.63) is 53.1 Å². The molecule has 1 amide bonds. The van der Waals surface area contributed by atoms with E-state index in [0.29, 0.717) is 23.2 Å². The third-order valence-corrected chi connectivity index (χ3v) is 8.29. The fourth-order valence-corrected chi connectivity index (χ4v) is 5.70. The lowest BCUT2D eigenvalue weighted by molar-refractivity contribution is -0.116. The number of anilines is 1. The van der Waals surface area contributed by atoms with Gasteiger partial charge in [0.2, 0.25) is 5.91 Å². The van der Waals surface area contributed by atoms with E-state index in [2.05, 4.69) is 23.7 Å². The number of carbonyl (C=O) groups is 1. The number of aryl methyl sites for hydroxylation is 1. The highest BCUT2D eigenvalue weighted by atomic mass is 35.5. The topological polar surface area (TPSA) is 70.6 Å². The first kappa shape index (κ1) is 23.7. The molecule has 0 aliphatic rings. The van der Waals surface area contributed by atoms with E-state index in [0.717, 1.165) is 28.9 Å². The first-order chi connectivity index (χ1) is 14.8. The van der Waals surface area contributed by atoms with Gasteiger partial charge in [0, 0.05) is 18.1 Å². The van der Waals surface area contributed by atoms with Crippen LogP contribution in [0.2, 0.25) is 5.02 Å². The molecule has 0 spiro atoms. The number of halogens is 1. The van der Waals surface area contributed by atoms with Crippen LogP contribution in [0.3, 0.4) is 0 Å². The number of aromatic nitrogens is 1. The molecule has 3 aromatic rings. The number of sulfone groups is 1. The summed E-state index contributed by atoms with van der Waals surface area (Å²) in [5.74, 6) is -1.09. The van der Waals surface area contributed by atoms with E-state index in [1.807, 2.05) is 19.1 Å². The average Bonchev–Trinajstić information content (AvgIpc) is 3.19. The maximum Gasteiger partial charge on any atom is 0.244 e. The van der Waals surface area contributed by atoms with Crippen molar-refractivity contribution in [2.75, 3.05) is 36.8 Å². The van der Waals surface area contributed by atoms with Gasteiger partial charge in [0.25, 0.3) is 0 Å². The first-order valence-electron chi connectivity index (χ1n) is 10.1. The number of carbonyl (C=O) groups excluding carboxylic acids is 1. The lowest BCUT2D eigenvalue weighted by atomic mass is 10.2. The zero-order valence-corrected chi connectivity index (χ0v) is 20.2. The second-order valence-electron chi connectivity index (χ2n) is 7.16. The predicted molar refractivity (Wildman–Crippen MR) is 128 cm³/mol. The van der Waals surface area contributed by atoms with E-state index in [1.165, 1.54) is 28.4 Å². The van der Waals surface area contributed by atoms with Crippen molar-refractivity contribution < 1.29 is 13.2 Å². The van der Waals surface area contributed by atoms with Gasteiger partial charge >= 0.3 is 0 Å². The Kier molecular flexibility index (Phi) is 7.69. The summed E-state index contributed by atoms with van der Waals surface area (Å²) in [4.78, 5) is 21.7. The number of rotatable bonds is 9. The number of thiazole rings is 1. The Morgan fingerprint density at radius 2 is 1.74 bits per heavy atom. The van der Waals surface area contributed by atoms with Crippen molar-refractivity contribution in [1.82, 2.24) is 9.88 Å². The number of amides is 1. The van der Waals surface area contributed by atoms with E-state index in [-0.39, 0.29) is 4.90 Å². The number of nitrogens with zero attached hydrogens (tertiary/aromatic N) is 3. The van der Waals surface area contributed by atoms with Crippen LogP contribution in [0.4, 0.5) is 5.13 Å². The summed E-state index contributed by atoms with van der Waals surface area (Å²) in [5, 5.41) is 1.10. The molecule has 0 unspecified atom stereocenters. The molecule has 9 heteroatoms. The van der Waals surface area contributed by atoms with Gasteiger partial charge in [-0.15, -0.1) is 0 Å². The van der Waals surface area contributed by atoms with Crippen molar-refractivity contribution in [3.63, 3.8) is 0 Å². The van der Waals surface area contributed by atoms with Crippen LogP contribution in [0.25, 0.3) is 10.2 Å². The summed E-state index contributed by atoms with van der Waals surface area (Å²) < 4.78 is 26.5. The molecule has 0 saturated heterocycles. The van der Waals surface area contributed by atoms with E-state index in [9.17, 15) is 13.2 Å². The second-order valence-corrected chi connectivity index (χ2v) is 10.6. The minimum absolute atomic E-state index is 0.138. The van der Waals surface area contributed by atoms with Gasteiger partial charge in [-0.2, -0.15) is 0 Å². The van der Waals surface area contributed by atoms with Crippen molar-refractivity contribution in [2.45, 2.75) is 25.7 Å². The SMILES string of the molecule is CCN(CC)CCN(C(=O)CS(=O)(=O)c1ccccc1)c1nc2c(C)c(Cl)ccc2s1. The summed E-state index contributed by atoms with van der Waals surface area (Å²) in [6, 6.07) is 11.7. The van der Waals surface area contributed by atoms with Crippen LogP contribution in [0, 0.1) is 6.92 Å². The zero-order valence-electron chi connectivity index (χ0n) is 17.8. The summed E-state index contributed by atoms with van der Waals surface area (Å²) >= 11 is 7.60. The van der Waals surface area contributed by atoms with Crippen LogP contribution in [-0.4, -0.2) is 56.1 Å². The molecule has 0 aliphatic heterocycles. The molecule has 0 aliphatic carbocycles. The van der Waals surface area contributed by atoms with Gasteiger partial charge in [0.1, 0.15) is 5.75 Å². The molecule has 3 rings (SSSR count). The molecule has 0 bridgehead atoms. The number of hydrogen-bond donors (Lipinski definition) is 0. The monoisotopic (exact) mass is 479 g/mol. The van der Waals surface area contributed by atoms with Crippen LogP contribution in [0.5, 0.6) is 0 Å². The Morgan fingerprint density at radius 1 is 1.06 bits per heavy atom. The van der Waals surface area contributed by atoms with Crippen LogP contribution >= 0.6 is 22.9 Å². The quantitative estimate of drug-likeness (QED) is 0.454. The summed E-state index contributed by atoms with van der Waals surface area (Å²) in [5.41, 5.74) is 1.58. The number of fused-ring (bicyclic) bond motifs is 1. The molecular formula is C22H26ClN3O3S2. The normalized spacial score (nSPS) is 11.9. The van der Waals surface area contributed by atoms with Crippen LogP contribution < -0.4 is 4.90 Å². The summed E-state index contributed by atoms with van der Waals surface area (Å²) in [6.07, 6.45) is 0. The fraction of sp³-hybridized carbons (Fsp3) is 0.364. The number of benzene rings is 2. The van der Waals surface area contributed by atoms with Gasteiger partial charge in [-0.05, 0) is 49.8 Å². The van der Waals surface area contributed by atoms with Crippen molar-refractivity contribution >= 4 is 54.0 Å². The number of hydrogen-bond acceptors (Lipinski definition) is 6. The Bertz CT molecular complexity index is 1160. The Balaban J connectivity index is 1.94. The lowest BCUT2D eigenvalue weighted by Gasteiger charge is -2.24. The zero-order chi connectivity index (χ0) is 22.6. The molecule has 2 aromatic carbocycles. The van der Waals surface area contributed by atoms with Crippen LogP contribution in [0.15, 0.2) is 47.4 Å². The molecule has 0 saturated carbocycles. The summed E-state index contributed by atoms with van der Waals surface area (Å²) in [6.45, 7) is 8.66. The number of likely N-dealkylation sites (N-methyl/N-ethyl adjacent to an activating group) is 1. The van der Waals surface area contributed by atoms with Crippen molar-refractivity contribution in [1.29, 1.82) is 0 Å². The molecule has 31 heavy (non-hydrogen) atoms. The van der Waals surface area contributed by atoms with Crippen LogP contribution in [-0.2, 0) is 14.6 Å². The molecule has 1 heterocycles. The highest BCUT2D eigenvalue weighted by Crippen LogP contribution is 2.33. The second kappa shape index (κ2) is 10.1. The maximum absolute atomic E-state index is 13.2. The summed E-state index contributed by atoms with van der Waals surface area (Å²) in [7, 11) is -3.76. The van der Waals surface area contributed by atoms with Gasteiger partial charge in [-0.3, -0.25) is 9.69 Å². The van der Waals surface area contributed by atoms with Gasteiger partial charge < -0.3 is 4.90 Å². The van der Waals surface area contributed by atoms with Gasteiger partial charge in [-0.25, -0.2) is 13.4 Å². The highest BCUT2D eigenvalue weighted by molar-refractivity contribution is 7.92. The van der Waals surface area contributed by atoms with Gasteiger partial charge in [0.05, 0.1) is 15.1 Å². The maximum atomic E-state index is 13.2. The molecule has 1 aromatic heterocycles. The molecule has 6 nitrogen and oxygen atoms in total. The highest BCUT2D eigenvalue weighted by Gasteiger charge is 2.27. The van der Waals surface area contributed by atoms with Crippen LogP contribution in [0.1, 0.15) is 19.4 Å². The Morgan fingerprint density at radius 3 is 2.39 bits per heavy atom. The largest absolute Gasteiger partial charge is 0.302 e. The average molecular weight is 480 g/mol. The smallest absolute Gasteiger partial charge is 0.244 e. The Hall–Kier alpha value is -2.00. The molecular weight excluding hydrogens is 454 g/mol. The van der Waals surface area contributed by atoms with E-state index in [1.54, 1.807) is 18.2 Å². The van der Waals surface area contributed by atoms with E-state index < -0.39 is 21.5 Å². The molecule has 0 N–H and O–H groups in total. The van der Waals surface area contributed by atoms with E-state index in [4.69, 9.17) is 11.6 Å².